The zero-order valence-electron chi connectivity index (χ0n) is 18.4. The van der Waals surface area contributed by atoms with Gasteiger partial charge in [-0.05, 0) is 53.1 Å². The topological polar surface area (TPSA) is 156 Å². The largest absolute Gasteiger partial charge is 0.493 e. The number of carbonyl (C=O) groups is 1. The first-order valence-electron chi connectivity index (χ1n) is 9.97. The number of amides is 1. The smallest absolute Gasteiger partial charge is 0.292 e. The van der Waals surface area contributed by atoms with Crippen molar-refractivity contribution in [3.05, 3.63) is 69.0 Å². The molecule has 0 radical (unpaired) electrons. The van der Waals surface area contributed by atoms with E-state index < -0.39 is 5.91 Å². The summed E-state index contributed by atoms with van der Waals surface area (Å²) >= 11 is 12.4. The molecule has 180 valence electrons. The van der Waals surface area contributed by atoms with Gasteiger partial charge in [0.25, 0.3) is 5.91 Å². The van der Waals surface area contributed by atoms with Crippen LogP contribution in [-0.2, 0) is 6.61 Å². The Balaban J connectivity index is 1.45. The van der Waals surface area contributed by atoms with Crippen molar-refractivity contribution < 1.29 is 18.9 Å². The fourth-order valence-electron chi connectivity index (χ4n) is 3.03. The van der Waals surface area contributed by atoms with Crippen LogP contribution in [-0.4, -0.2) is 44.5 Å². The highest BCUT2D eigenvalue weighted by atomic mass is 35.5. The van der Waals surface area contributed by atoms with Crippen molar-refractivity contribution in [3.63, 3.8) is 0 Å². The van der Waals surface area contributed by atoms with Crippen molar-refractivity contribution in [2.24, 2.45) is 5.10 Å². The number of nitrogens with zero attached hydrogens (tertiary/aromatic N) is 6. The molecule has 0 saturated carbocycles. The number of hydrogen-bond acceptors (Lipinski definition) is 10. The number of anilines is 1. The highest BCUT2D eigenvalue weighted by Crippen LogP contribution is 2.31. The summed E-state index contributed by atoms with van der Waals surface area (Å²) < 4.78 is 16.9. The van der Waals surface area contributed by atoms with Crippen molar-refractivity contribution in [3.8, 4) is 17.3 Å². The van der Waals surface area contributed by atoms with Crippen LogP contribution in [0.25, 0.3) is 5.82 Å². The molecule has 12 nitrogen and oxygen atoms in total. The predicted molar refractivity (Wildman–Crippen MR) is 127 cm³/mol. The van der Waals surface area contributed by atoms with Gasteiger partial charge in [-0.25, -0.2) is 10.1 Å². The van der Waals surface area contributed by atoms with Gasteiger partial charge in [-0.3, -0.25) is 4.79 Å². The molecule has 14 heteroatoms. The lowest BCUT2D eigenvalue weighted by molar-refractivity contribution is 0.0946. The Hall–Kier alpha value is -4.16. The van der Waals surface area contributed by atoms with E-state index in [-0.39, 0.29) is 23.9 Å². The summed E-state index contributed by atoms with van der Waals surface area (Å²) in [6.07, 6.45) is 1.44. The van der Waals surface area contributed by atoms with E-state index in [1.54, 1.807) is 43.3 Å². The number of nitrogen functional groups attached to an aromatic ring is 1. The van der Waals surface area contributed by atoms with Gasteiger partial charge in [-0.15, -0.1) is 5.10 Å². The van der Waals surface area contributed by atoms with E-state index in [1.807, 2.05) is 0 Å². The molecule has 0 spiro atoms. The summed E-state index contributed by atoms with van der Waals surface area (Å²) in [4.78, 5) is 12.7. The second-order valence-corrected chi connectivity index (χ2v) is 7.82. The molecule has 35 heavy (non-hydrogen) atoms. The average Bonchev–Trinajstić information content (AvgIpc) is 3.43. The average molecular weight is 517 g/mol. The molecule has 2 aromatic heterocycles. The number of nitrogens with two attached hydrogens (primary N) is 1. The first-order valence-corrected chi connectivity index (χ1v) is 10.7. The van der Waals surface area contributed by atoms with Crippen LogP contribution >= 0.6 is 23.2 Å². The van der Waals surface area contributed by atoms with E-state index in [0.717, 1.165) is 4.68 Å². The molecular formula is C21H18Cl2N8O4. The van der Waals surface area contributed by atoms with E-state index in [1.165, 1.54) is 13.3 Å². The quantitative estimate of drug-likeness (QED) is 0.265. The highest BCUT2D eigenvalue weighted by Gasteiger charge is 2.22. The van der Waals surface area contributed by atoms with Gasteiger partial charge < -0.3 is 15.2 Å². The van der Waals surface area contributed by atoms with Crippen molar-refractivity contribution in [2.45, 2.75) is 13.5 Å². The normalized spacial score (nSPS) is 11.1. The van der Waals surface area contributed by atoms with Crippen LogP contribution < -0.4 is 20.6 Å². The lowest BCUT2D eigenvalue weighted by atomic mass is 10.2. The molecule has 2 heterocycles. The third-order valence-electron chi connectivity index (χ3n) is 4.75. The third-order valence-corrected chi connectivity index (χ3v) is 5.46. The van der Waals surface area contributed by atoms with Gasteiger partial charge in [0.05, 0.1) is 19.0 Å². The highest BCUT2D eigenvalue weighted by molar-refractivity contribution is 6.35. The molecule has 0 aliphatic heterocycles. The summed E-state index contributed by atoms with van der Waals surface area (Å²) in [6, 6.07) is 10.4. The number of aromatic nitrogens is 5. The third kappa shape index (κ3) is 5.18. The summed E-state index contributed by atoms with van der Waals surface area (Å²) in [7, 11) is 1.51. The Morgan fingerprint density at radius 3 is 2.69 bits per heavy atom. The zero-order chi connectivity index (χ0) is 24.9. The SMILES string of the molecule is COc1cc(C=NNC(=O)c2c(C)nnn2-c2nonc2N)ccc1OCc1c(Cl)cccc1Cl. The molecule has 1 amide bonds. The van der Waals surface area contributed by atoms with E-state index in [0.29, 0.717) is 38.4 Å². The lowest BCUT2D eigenvalue weighted by Gasteiger charge is -2.13. The Kier molecular flexibility index (Phi) is 7.13. The first kappa shape index (κ1) is 24.0. The number of benzene rings is 2. The molecule has 0 aliphatic rings. The Bertz CT molecular complexity index is 1380. The molecule has 0 atom stereocenters. The van der Waals surface area contributed by atoms with Gasteiger partial charge in [0.1, 0.15) is 6.61 Å². The maximum atomic E-state index is 12.7. The van der Waals surface area contributed by atoms with Crippen molar-refractivity contribution in [1.29, 1.82) is 0 Å². The fraction of sp³-hybridized carbons (Fsp3) is 0.143. The van der Waals surface area contributed by atoms with Crippen LogP contribution in [0.3, 0.4) is 0 Å². The maximum absolute atomic E-state index is 12.7. The van der Waals surface area contributed by atoms with E-state index in [4.69, 9.17) is 38.4 Å². The number of hydrogen-bond donors (Lipinski definition) is 2. The zero-order valence-corrected chi connectivity index (χ0v) is 19.9. The lowest BCUT2D eigenvalue weighted by Crippen LogP contribution is -2.22. The number of aryl methyl sites for hydroxylation is 1. The molecular weight excluding hydrogens is 499 g/mol. The molecule has 0 fully saturated rings. The number of methoxy groups -OCH3 is 1. The second-order valence-electron chi connectivity index (χ2n) is 7.01. The second kappa shape index (κ2) is 10.4. The number of nitrogens with one attached hydrogen (secondary N) is 1. The molecule has 0 bridgehead atoms. The summed E-state index contributed by atoms with van der Waals surface area (Å²) in [5.41, 5.74) is 9.81. The van der Waals surface area contributed by atoms with Crippen LogP contribution in [0, 0.1) is 6.92 Å². The van der Waals surface area contributed by atoms with Gasteiger partial charge >= 0.3 is 0 Å². The number of hydrazone groups is 1. The van der Waals surface area contributed by atoms with Crippen LogP contribution in [0.2, 0.25) is 10.0 Å². The molecule has 2 aromatic carbocycles. The van der Waals surface area contributed by atoms with Gasteiger partial charge in [-0.2, -0.15) is 9.78 Å². The standard InChI is InChI=1S/C21H18Cl2N8O4/c1-11-18(31(30-26-11)20-19(24)28-35-29-20)21(32)27-25-9-12-6-7-16(17(8-12)33-2)34-10-13-14(22)4-3-5-15(13)23/h3-9H,10H2,1-2H3,(H2,24,28)(H,27,32). The molecule has 0 unspecified atom stereocenters. The summed E-state index contributed by atoms with van der Waals surface area (Å²) in [5, 5.41) is 19.8. The summed E-state index contributed by atoms with van der Waals surface area (Å²) in [6.45, 7) is 1.76. The van der Waals surface area contributed by atoms with E-state index in [2.05, 4.69) is 35.8 Å². The van der Waals surface area contributed by atoms with Gasteiger partial charge in [0.15, 0.2) is 17.2 Å². The number of carbonyl (C=O) groups excluding carboxylic acids is 1. The van der Waals surface area contributed by atoms with E-state index >= 15 is 0 Å². The van der Waals surface area contributed by atoms with Gasteiger partial charge in [0.2, 0.25) is 11.6 Å². The van der Waals surface area contributed by atoms with Crippen molar-refractivity contribution >= 4 is 41.1 Å². The van der Waals surface area contributed by atoms with Gasteiger partial charge in [0, 0.05) is 15.6 Å². The van der Waals surface area contributed by atoms with Crippen molar-refractivity contribution in [2.75, 3.05) is 12.8 Å². The summed E-state index contributed by atoms with van der Waals surface area (Å²) in [5.74, 6) is 0.344. The van der Waals surface area contributed by atoms with E-state index in [9.17, 15) is 4.79 Å². The predicted octanol–water partition coefficient (Wildman–Crippen LogP) is 3.20. The minimum atomic E-state index is -0.588. The Labute approximate surface area is 208 Å². The minimum Gasteiger partial charge on any atom is -0.493 e. The minimum absolute atomic E-state index is 0.0399. The number of rotatable bonds is 8. The first-order chi connectivity index (χ1) is 16.9. The monoisotopic (exact) mass is 516 g/mol. The molecule has 0 aliphatic carbocycles. The fourth-order valence-corrected chi connectivity index (χ4v) is 3.53. The van der Waals surface area contributed by atoms with Crippen LogP contribution in [0.15, 0.2) is 46.1 Å². The maximum Gasteiger partial charge on any atom is 0.292 e. The number of halogens is 2. The molecule has 4 aromatic rings. The molecule has 0 saturated heterocycles. The van der Waals surface area contributed by atoms with Crippen LogP contribution in [0.1, 0.15) is 27.3 Å². The Morgan fingerprint density at radius 1 is 1.23 bits per heavy atom. The van der Waals surface area contributed by atoms with Crippen LogP contribution in [0.5, 0.6) is 11.5 Å². The van der Waals surface area contributed by atoms with Crippen molar-refractivity contribution in [1.82, 2.24) is 30.7 Å². The van der Waals surface area contributed by atoms with Gasteiger partial charge in [-0.1, -0.05) is 34.5 Å². The number of ether oxygens (including phenoxy) is 2. The Morgan fingerprint density at radius 2 is 2.00 bits per heavy atom. The molecule has 4 rings (SSSR count). The van der Waals surface area contributed by atoms with Crippen LogP contribution in [0.4, 0.5) is 5.82 Å². The molecule has 3 N–H and O–H groups in total.